The number of ether oxygens (including phenoxy) is 2. The van der Waals surface area contributed by atoms with Crippen molar-refractivity contribution < 1.29 is 14.0 Å². The number of hydrogen-bond acceptors (Lipinski definition) is 2. The summed E-state index contributed by atoms with van der Waals surface area (Å²) in [6, 6.07) is 0. The van der Waals surface area contributed by atoms with Gasteiger partial charge in [0.1, 0.15) is 19.6 Å². The maximum Gasteiger partial charge on any atom is 0.103 e. The molecule has 78 valence electrons. The van der Waals surface area contributed by atoms with Gasteiger partial charge >= 0.3 is 0 Å². The van der Waals surface area contributed by atoms with Gasteiger partial charge in [-0.1, -0.05) is 0 Å². The fraction of sp³-hybridized carbons (Fsp3) is 1.00. The van der Waals surface area contributed by atoms with Gasteiger partial charge in [0.25, 0.3) is 0 Å². The number of nitrogens with zero attached hydrogens (tertiary/aromatic N) is 1. The molecule has 1 aliphatic heterocycles. The summed E-state index contributed by atoms with van der Waals surface area (Å²) in [4.78, 5) is 0. The van der Waals surface area contributed by atoms with Crippen LogP contribution in [0.15, 0.2) is 0 Å². The SMILES string of the molecule is CCOCC[N+]1(CC)CCOCC1. The van der Waals surface area contributed by atoms with Gasteiger partial charge in [0, 0.05) is 6.61 Å². The van der Waals surface area contributed by atoms with E-state index >= 15 is 0 Å². The van der Waals surface area contributed by atoms with Crippen LogP contribution in [0.5, 0.6) is 0 Å². The second kappa shape index (κ2) is 5.58. The lowest BCUT2D eigenvalue weighted by molar-refractivity contribution is -0.933. The van der Waals surface area contributed by atoms with Crippen molar-refractivity contribution in [2.45, 2.75) is 13.8 Å². The molecule has 0 aromatic carbocycles. The van der Waals surface area contributed by atoms with Gasteiger partial charge in [-0.25, -0.2) is 0 Å². The van der Waals surface area contributed by atoms with E-state index in [9.17, 15) is 0 Å². The summed E-state index contributed by atoms with van der Waals surface area (Å²) >= 11 is 0. The predicted octanol–water partition coefficient (Wildman–Crippen LogP) is 0.890. The number of rotatable bonds is 5. The van der Waals surface area contributed by atoms with Gasteiger partial charge in [-0.05, 0) is 13.8 Å². The Balaban J connectivity index is 2.29. The molecule has 3 heteroatoms. The zero-order chi connectivity index (χ0) is 9.57. The minimum absolute atomic E-state index is 0.834. The van der Waals surface area contributed by atoms with Crippen LogP contribution in [0.1, 0.15) is 13.8 Å². The summed E-state index contributed by atoms with van der Waals surface area (Å²) in [6.07, 6.45) is 0. The Labute approximate surface area is 81.2 Å². The lowest BCUT2D eigenvalue weighted by Gasteiger charge is -2.40. The Morgan fingerprint density at radius 2 is 1.92 bits per heavy atom. The molecule has 0 radical (unpaired) electrons. The average Bonchev–Trinajstić information content (AvgIpc) is 2.20. The molecular weight excluding hydrogens is 166 g/mol. The van der Waals surface area contributed by atoms with E-state index in [0.717, 1.165) is 46.1 Å². The number of morpholine rings is 1. The molecule has 13 heavy (non-hydrogen) atoms. The van der Waals surface area contributed by atoms with Gasteiger partial charge in [0.2, 0.25) is 0 Å². The van der Waals surface area contributed by atoms with E-state index in [1.807, 2.05) is 0 Å². The Hall–Kier alpha value is -0.120. The number of hydrogen-bond donors (Lipinski definition) is 0. The lowest BCUT2D eigenvalue weighted by Crippen LogP contribution is -2.56. The highest BCUT2D eigenvalue weighted by molar-refractivity contribution is 4.49. The van der Waals surface area contributed by atoms with Gasteiger partial charge in [0.05, 0.1) is 26.4 Å². The maximum atomic E-state index is 5.41. The van der Waals surface area contributed by atoms with Crippen molar-refractivity contribution in [2.24, 2.45) is 0 Å². The van der Waals surface area contributed by atoms with E-state index in [1.165, 1.54) is 11.0 Å². The monoisotopic (exact) mass is 188 g/mol. The summed E-state index contributed by atoms with van der Waals surface area (Å²) in [5.74, 6) is 0. The topological polar surface area (TPSA) is 18.5 Å². The highest BCUT2D eigenvalue weighted by Crippen LogP contribution is 2.10. The molecule has 0 saturated carbocycles. The molecule has 0 aromatic heterocycles. The van der Waals surface area contributed by atoms with Crippen LogP contribution in [0.4, 0.5) is 0 Å². The van der Waals surface area contributed by atoms with Crippen LogP contribution in [-0.2, 0) is 9.47 Å². The van der Waals surface area contributed by atoms with Crippen molar-refractivity contribution in [1.82, 2.24) is 0 Å². The second-order valence-electron chi connectivity index (χ2n) is 3.64. The van der Waals surface area contributed by atoms with E-state index in [4.69, 9.17) is 9.47 Å². The lowest BCUT2D eigenvalue weighted by atomic mass is 10.3. The first-order chi connectivity index (χ1) is 6.33. The minimum Gasteiger partial charge on any atom is -0.376 e. The third-order valence-electron chi connectivity index (χ3n) is 3.00. The van der Waals surface area contributed by atoms with Crippen LogP contribution in [0.25, 0.3) is 0 Å². The fourth-order valence-electron chi connectivity index (χ4n) is 1.83. The molecular formula is C10H22NO2+. The van der Waals surface area contributed by atoms with Gasteiger partial charge in [-0.15, -0.1) is 0 Å². The van der Waals surface area contributed by atoms with Crippen LogP contribution in [0.3, 0.4) is 0 Å². The van der Waals surface area contributed by atoms with Gasteiger partial charge in [-0.3, -0.25) is 0 Å². The summed E-state index contributed by atoms with van der Waals surface area (Å²) in [5.41, 5.74) is 0. The van der Waals surface area contributed by atoms with Crippen LogP contribution in [0, 0.1) is 0 Å². The van der Waals surface area contributed by atoms with Crippen LogP contribution >= 0.6 is 0 Å². The number of likely N-dealkylation sites (N-methyl/N-ethyl adjacent to an activating group) is 1. The molecule has 0 bridgehead atoms. The van der Waals surface area contributed by atoms with Crippen molar-refractivity contribution in [3.8, 4) is 0 Å². The summed E-state index contributed by atoms with van der Waals surface area (Å²) in [7, 11) is 0. The Morgan fingerprint density at radius 3 is 2.46 bits per heavy atom. The maximum absolute atomic E-state index is 5.41. The first-order valence-corrected chi connectivity index (χ1v) is 5.33. The van der Waals surface area contributed by atoms with Gasteiger partial charge < -0.3 is 14.0 Å². The predicted molar refractivity (Wildman–Crippen MR) is 52.7 cm³/mol. The molecule has 0 atom stereocenters. The van der Waals surface area contributed by atoms with E-state index in [0.29, 0.717) is 0 Å². The average molecular weight is 188 g/mol. The third kappa shape index (κ3) is 3.25. The standard InChI is InChI=1S/C10H22NO2/c1-3-11(5-8-12-4-2)6-9-13-10-7-11/h3-10H2,1-2H3/q+1. The minimum atomic E-state index is 0.834. The Kier molecular flexibility index (Phi) is 4.70. The van der Waals surface area contributed by atoms with Crippen molar-refractivity contribution >= 4 is 0 Å². The number of quaternary nitrogens is 1. The molecule has 0 unspecified atom stereocenters. The molecule has 1 heterocycles. The van der Waals surface area contributed by atoms with Crippen molar-refractivity contribution in [3.05, 3.63) is 0 Å². The van der Waals surface area contributed by atoms with Crippen LogP contribution < -0.4 is 0 Å². The summed E-state index contributed by atoms with van der Waals surface area (Å²) in [6.45, 7) is 12.5. The zero-order valence-corrected chi connectivity index (χ0v) is 8.92. The highest BCUT2D eigenvalue weighted by Gasteiger charge is 2.27. The molecule has 0 N–H and O–H groups in total. The molecule has 0 aliphatic carbocycles. The smallest absolute Gasteiger partial charge is 0.103 e. The Bertz CT molecular complexity index is 133. The van der Waals surface area contributed by atoms with Gasteiger partial charge in [-0.2, -0.15) is 0 Å². The van der Waals surface area contributed by atoms with E-state index < -0.39 is 0 Å². The van der Waals surface area contributed by atoms with Crippen LogP contribution in [-0.4, -0.2) is 57.1 Å². The first-order valence-electron chi connectivity index (χ1n) is 5.33. The van der Waals surface area contributed by atoms with Crippen molar-refractivity contribution in [2.75, 3.05) is 52.6 Å². The fourth-order valence-corrected chi connectivity index (χ4v) is 1.83. The first kappa shape index (κ1) is 11.0. The quantitative estimate of drug-likeness (QED) is 0.471. The van der Waals surface area contributed by atoms with E-state index in [-0.39, 0.29) is 0 Å². The third-order valence-corrected chi connectivity index (χ3v) is 3.00. The molecule has 1 rings (SSSR count). The highest BCUT2D eigenvalue weighted by atomic mass is 16.5. The molecule has 0 amide bonds. The molecule has 1 saturated heterocycles. The molecule has 0 spiro atoms. The molecule has 3 nitrogen and oxygen atoms in total. The summed E-state index contributed by atoms with van der Waals surface area (Å²) < 4.78 is 12.0. The zero-order valence-electron chi connectivity index (χ0n) is 8.92. The second-order valence-corrected chi connectivity index (χ2v) is 3.64. The van der Waals surface area contributed by atoms with Crippen LogP contribution in [0.2, 0.25) is 0 Å². The molecule has 1 fully saturated rings. The molecule has 0 aromatic rings. The van der Waals surface area contributed by atoms with E-state index in [1.54, 1.807) is 0 Å². The Morgan fingerprint density at radius 1 is 1.23 bits per heavy atom. The normalized spacial score (nSPS) is 21.7. The summed E-state index contributed by atoms with van der Waals surface area (Å²) in [5, 5.41) is 0. The van der Waals surface area contributed by atoms with Crippen molar-refractivity contribution in [3.63, 3.8) is 0 Å². The van der Waals surface area contributed by atoms with Gasteiger partial charge in [0.15, 0.2) is 0 Å². The van der Waals surface area contributed by atoms with E-state index in [2.05, 4.69) is 13.8 Å². The molecule has 1 aliphatic rings. The largest absolute Gasteiger partial charge is 0.376 e. The van der Waals surface area contributed by atoms with Crippen molar-refractivity contribution in [1.29, 1.82) is 0 Å².